The Balaban J connectivity index is 3.02. The third kappa shape index (κ3) is 17.6. The zero-order chi connectivity index (χ0) is 38.2. The molecule has 1 aromatic rings. The van der Waals surface area contributed by atoms with E-state index in [2.05, 4.69) is 26.6 Å². The Hall–Kier alpha value is -3.26. The fraction of sp³-hybridized carbons (Fsp3) is 0.750. The molecule has 0 spiro atoms. The van der Waals surface area contributed by atoms with Crippen LogP contribution < -0.4 is 26.6 Å². The number of amides is 5. The lowest BCUT2D eigenvalue weighted by Gasteiger charge is -2.31. The SMILES string of the molecule is CSCC[C@H](NC(=O)[C@@H](NC(=O)OC(C)(C)C)C(C)C)C(=O)N[C@@H](CC(C)C)[C@@H](O)C[C@@H](C)C(=O)N[C@@H](CC(C)C)C(=O)NCc1ccco1. The van der Waals surface area contributed by atoms with Crippen molar-refractivity contribution >= 4 is 41.5 Å². The molecular weight excluding hydrogens is 662 g/mol. The molecule has 6 N–H and O–H groups in total. The molecule has 0 radical (unpaired) electrons. The van der Waals surface area contributed by atoms with Gasteiger partial charge in [0.25, 0.3) is 0 Å². The molecule has 1 heterocycles. The number of furan rings is 1. The van der Waals surface area contributed by atoms with Crippen molar-refractivity contribution in [2.45, 2.75) is 137 Å². The molecule has 14 heteroatoms. The number of rotatable bonds is 21. The first-order chi connectivity index (χ1) is 23.2. The van der Waals surface area contributed by atoms with Crippen molar-refractivity contribution in [3.05, 3.63) is 24.2 Å². The van der Waals surface area contributed by atoms with Gasteiger partial charge in [-0.15, -0.1) is 0 Å². The topological polar surface area (TPSA) is 188 Å². The summed E-state index contributed by atoms with van der Waals surface area (Å²) in [6.45, 7) is 18.4. The number of carbonyl (C=O) groups excluding carboxylic acids is 5. The summed E-state index contributed by atoms with van der Waals surface area (Å²) in [5.74, 6) is -1.30. The third-order valence-corrected chi connectivity index (χ3v) is 8.43. The van der Waals surface area contributed by atoms with Crippen molar-refractivity contribution < 1.29 is 38.2 Å². The van der Waals surface area contributed by atoms with Crippen LogP contribution in [0, 0.1) is 23.7 Å². The Morgan fingerprint density at radius 1 is 0.820 bits per heavy atom. The van der Waals surface area contributed by atoms with Crippen molar-refractivity contribution in [3.63, 3.8) is 0 Å². The van der Waals surface area contributed by atoms with E-state index in [0.717, 1.165) is 0 Å². The van der Waals surface area contributed by atoms with E-state index in [1.54, 1.807) is 53.7 Å². The number of aliphatic hydroxyl groups is 1. The molecule has 0 saturated carbocycles. The number of nitrogens with one attached hydrogen (secondary N) is 5. The molecule has 1 rings (SSSR count). The van der Waals surface area contributed by atoms with Gasteiger partial charge in [-0.1, -0.05) is 48.5 Å². The second-order valence-corrected chi connectivity index (χ2v) is 16.1. The van der Waals surface area contributed by atoms with Crippen molar-refractivity contribution in [2.75, 3.05) is 12.0 Å². The van der Waals surface area contributed by atoms with Gasteiger partial charge in [-0.25, -0.2) is 4.79 Å². The maximum atomic E-state index is 13.7. The lowest BCUT2D eigenvalue weighted by atomic mass is 9.91. The van der Waals surface area contributed by atoms with Gasteiger partial charge in [-0.2, -0.15) is 11.8 Å². The Morgan fingerprint density at radius 2 is 1.44 bits per heavy atom. The predicted octanol–water partition coefficient (Wildman–Crippen LogP) is 4.13. The van der Waals surface area contributed by atoms with Crippen LogP contribution in [0.3, 0.4) is 0 Å². The maximum absolute atomic E-state index is 13.7. The summed E-state index contributed by atoms with van der Waals surface area (Å²) >= 11 is 1.52. The van der Waals surface area contributed by atoms with E-state index in [1.165, 1.54) is 18.0 Å². The van der Waals surface area contributed by atoms with Crippen LogP contribution in [0.1, 0.15) is 101 Å². The first-order valence-corrected chi connectivity index (χ1v) is 19.0. The Morgan fingerprint density at radius 3 is 1.96 bits per heavy atom. The number of hydrogen-bond donors (Lipinski definition) is 6. The van der Waals surface area contributed by atoms with Crippen molar-refractivity contribution in [3.8, 4) is 0 Å². The molecule has 1 aromatic heterocycles. The van der Waals surface area contributed by atoms with E-state index in [9.17, 15) is 29.1 Å². The lowest BCUT2D eigenvalue weighted by molar-refractivity contribution is -0.132. The van der Waals surface area contributed by atoms with Gasteiger partial charge in [-0.05, 0) is 88.3 Å². The molecule has 0 unspecified atom stereocenters. The fourth-order valence-electron chi connectivity index (χ4n) is 5.20. The van der Waals surface area contributed by atoms with E-state index in [0.29, 0.717) is 30.8 Å². The fourth-order valence-corrected chi connectivity index (χ4v) is 5.67. The zero-order valence-electron chi connectivity index (χ0n) is 31.9. The van der Waals surface area contributed by atoms with Gasteiger partial charge in [-0.3, -0.25) is 19.2 Å². The molecule has 0 aromatic carbocycles. The summed E-state index contributed by atoms with van der Waals surface area (Å²) in [6.07, 6.45) is 2.78. The average Bonchev–Trinajstić information content (AvgIpc) is 3.52. The molecule has 6 atom stereocenters. The van der Waals surface area contributed by atoms with Gasteiger partial charge < -0.3 is 40.8 Å². The van der Waals surface area contributed by atoms with Gasteiger partial charge >= 0.3 is 6.09 Å². The third-order valence-electron chi connectivity index (χ3n) is 7.78. The maximum Gasteiger partial charge on any atom is 0.408 e. The number of ether oxygens (including phenoxy) is 1. The molecule has 286 valence electrons. The summed E-state index contributed by atoms with van der Waals surface area (Å²) in [6, 6.07) is 0.107. The summed E-state index contributed by atoms with van der Waals surface area (Å²) in [7, 11) is 0. The second-order valence-electron chi connectivity index (χ2n) is 15.1. The van der Waals surface area contributed by atoms with Crippen molar-refractivity contribution in [1.29, 1.82) is 0 Å². The van der Waals surface area contributed by atoms with Gasteiger partial charge in [0, 0.05) is 5.92 Å². The highest BCUT2D eigenvalue weighted by molar-refractivity contribution is 7.98. The van der Waals surface area contributed by atoms with Gasteiger partial charge in [0.05, 0.1) is 25.0 Å². The van der Waals surface area contributed by atoms with Crippen LogP contribution in [-0.4, -0.2) is 82.7 Å². The van der Waals surface area contributed by atoms with Crippen LogP contribution in [0.15, 0.2) is 22.8 Å². The van der Waals surface area contributed by atoms with E-state index in [1.807, 2.05) is 34.0 Å². The molecule has 0 saturated heterocycles. The predicted molar refractivity (Wildman–Crippen MR) is 196 cm³/mol. The van der Waals surface area contributed by atoms with Crippen LogP contribution in [0.4, 0.5) is 4.79 Å². The van der Waals surface area contributed by atoms with Crippen LogP contribution >= 0.6 is 11.8 Å². The van der Waals surface area contributed by atoms with E-state index >= 15 is 0 Å². The van der Waals surface area contributed by atoms with Crippen LogP contribution in [0.25, 0.3) is 0 Å². The Kier molecular flexibility index (Phi) is 19.6. The van der Waals surface area contributed by atoms with E-state index in [4.69, 9.17) is 9.15 Å². The average molecular weight is 726 g/mol. The molecule has 50 heavy (non-hydrogen) atoms. The molecule has 0 aliphatic heterocycles. The number of alkyl carbamates (subject to hydrolysis) is 1. The lowest BCUT2D eigenvalue weighted by Crippen LogP contribution is -2.58. The quantitative estimate of drug-likeness (QED) is 0.108. The summed E-state index contributed by atoms with van der Waals surface area (Å²) in [4.78, 5) is 65.8. The minimum atomic E-state index is -1.09. The molecule has 13 nitrogen and oxygen atoms in total. The standard InChI is InChI=1S/C36H63N5O8S/c1-21(2)17-27(29(42)19-24(7)31(43)40-28(18-22(3)4)32(44)37-20-25-13-12-15-48-25)39-33(45)26(14-16-50-11)38-34(46)30(23(5)6)41-35(47)49-36(8,9)10/h12-13,15,21-24,26-30,42H,14,16-20H2,1-11H3,(H,37,44)(H,38,46)(H,39,45)(H,40,43)(H,41,47)/t24-,26+,27+,28+,29+,30+/m1/s1. The van der Waals surface area contributed by atoms with Gasteiger partial charge in [0.2, 0.25) is 23.6 Å². The molecule has 0 fully saturated rings. The minimum absolute atomic E-state index is 0.0307. The molecular formula is C36H63N5O8S. The minimum Gasteiger partial charge on any atom is -0.467 e. The van der Waals surface area contributed by atoms with E-state index < -0.39 is 59.7 Å². The number of thioether (sulfide) groups is 1. The zero-order valence-corrected chi connectivity index (χ0v) is 32.7. The van der Waals surface area contributed by atoms with E-state index in [-0.39, 0.29) is 42.5 Å². The van der Waals surface area contributed by atoms with Crippen molar-refractivity contribution in [2.24, 2.45) is 23.7 Å². The molecule has 5 amide bonds. The monoisotopic (exact) mass is 725 g/mol. The Bertz CT molecular complexity index is 1200. The highest BCUT2D eigenvalue weighted by Gasteiger charge is 2.33. The largest absolute Gasteiger partial charge is 0.467 e. The van der Waals surface area contributed by atoms with Crippen LogP contribution in [-0.2, 0) is 30.5 Å². The van der Waals surface area contributed by atoms with Gasteiger partial charge in [0.15, 0.2) is 0 Å². The molecule has 0 bridgehead atoms. The smallest absolute Gasteiger partial charge is 0.408 e. The molecule has 0 aliphatic carbocycles. The number of carbonyl (C=O) groups is 5. The van der Waals surface area contributed by atoms with Crippen molar-refractivity contribution in [1.82, 2.24) is 26.6 Å². The number of hydrogen-bond acceptors (Lipinski definition) is 9. The summed E-state index contributed by atoms with van der Waals surface area (Å²) in [5.41, 5.74) is -0.752. The molecule has 0 aliphatic rings. The second kappa shape index (κ2) is 21.8. The first-order valence-electron chi connectivity index (χ1n) is 17.6. The summed E-state index contributed by atoms with van der Waals surface area (Å²) < 4.78 is 10.6. The first kappa shape index (κ1) is 44.8. The number of aliphatic hydroxyl groups excluding tert-OH is 1. The Labute approximate surface area is 302 Å². The normalized spacial score (nSPS) is 15.4. The highest BCUT2D eigenvalue weighted by Crippen LogP contribution is 2.18. The summed E-state index contributed by atoms with van der Waals surface area (Å²) in [5, 5.41) is 25.4. The van der Waals surface area contributed by atoms with Crippen LogP contribution in [0.5, 0.6) is 0 Å². The highest BCUT2D eigenvalue weighted by atomic mass is 32.2. The van der Waals surface area contributed by atoms with Crippen LogP contribution in [0.2, 0.25) is 0 Å². The van der Waals surface area contributed by atoms with Gasteiger partial charge in [0.1, 0.15) is 29.5 Å².